The number of halogens is 2. The van der Waals surface area contributed by atoms with E-state index < -0.39 is 10.0 Å². The Morgan fingerprint density at radius 1 is 1.38 bits per heavy atom. The summed E-state index contributed by atoms with van der Waals surface area (Å²) >= 11 is 10.7. The molecule has 21 heavy (non-hydrogen) atoms. The number of furan rings is 1. The largest absolute Gasteiger partial charge is 0.465 e. The van der Waals surface area contributed by atoms with E-state index in [0.29, 0.717) is 23.6 Å². The van der Waals surface area contributed by atoms with Crippen LogP contribution in [0.5, 0.6) is 0 Å². The molecule has 0 unspecified atom stereocenters. The van der Waals surface area contributed by atoms with Crippen molar-refractivity contribution in [2.45, 2.75) is 31.2 Å². The second-order valence-electron chi connectivity index (χ2n) is 4.65. The molecule has 0 N–H and O–H groups in total. The van der Waals surface area contributed by atoms with E-state index in [-0.39, 0.29) is 10.8 Å². The third-order valence-electron chi connectivity index (χ3n) is 3.13. The van der Waals surface area contributed by atoms with Crippen LogP contribution in [0.3, 0.4) is 0 Å². The summed E-state index contributed by atoms with van der Waals surface area (Å²) in [5.41, 5.74) is 0.536. The molecule has 0 saturated heterocycles. The molecular weight excluding hydrogens is 398 g/mol. The van der Waals surface area contributed by atoms with E-state index in [1.54, 1.807) is 20.9 Å². The van der Waals surface area contributed by atoms with Gasteiger partial charge in [-0.1, -0.05) is 0 Å². The first-order valence-corrected chi connectivity index (χ1v) is 9.76. The van der Waals surface area contributed by atoms with Crippen molar-refractivity contribution in [3.8, 4) is 0 Å². The lowest BCUT2D eigenvalue weighted by molar-refractivity contribution is 0.461. The van der Waals surface area contributed by atoms with Gasteiger partial charge in [-0.15, -0.1) is 22.9 Å². The Bertz CT molecular complexity index is 752. The summed E-state index contributed by atoms with van der Waals surface area (Å²) < 4.78 is 33.2. The molecule has 0 bridgehead atoms. The molecule has 0 spiro atoms. The summed E-state index contributed by atoms with van der Waals surface area (Å²) in [6.45, 7) is 3.68. The topological polar surface area (TPSA) is 50.5 Å². The zero-order valence-corrected chi connectivity index (χ0v) is 15.8. The van der Waals surface area contributed by atoms with E-state index >= 15 is 0 Å². The van der Waals surface area contributed by atoms with Crippen LogP contribution in [0.2, 0.25) is 0 Å². The van der Waals surface area contributed by atoms with Gasteiger partial charge >= 0.3 is 0 Å². The molecule has 8 heteroatoms. The maximum absolute atomic E-state index is 12.8. The predicted molar refractivity (Wildman–Crippen MR) is 88.4 cm³/mol. The summed E-state index contributed by atoms with van der Waals surface area (Å²) in [6.07, 6.45) is 0. The van der Waals surface area contributed by atoms with E-state index in [4.69, 9.17) is 16.0 Å². The lowest BCUT2D eigenvalue weighted by atomic mass is 10.3. The summed E-state index contributed by atoms with van der Waals surface area (Å²) in [6, 6.07) is 1.91. The zero-order valence-electron chi connectivity index (χ0n) is 11.8. The van der Waals surface area contributed by atoms with Crippen molar-refractivity contribution in [1.82, 2.24) is 4.31 Å². The Kier molecular flexibility index (Phi) is 5.20. The first kappa shape index (κ1) is 17.0. The van der Waals surface area contributed by atoms with Gasteiger partial charge in [0, 0.05) is 33.9 Å². The average Bonchev–Trinajstić information content (AvgIpc) is 2.92. The molecule has 0 atom stereocenters. The summed E-state index contributed by atoms with van der Waals surface area (Å²) in [4.78, 5) is 1.14. The fourth-order valence-corrected chi connectivity index (χ4v) is 5.64. The Hall–Kier alpha value is -0.340. The lowest BCUT2D eigenvalue weighted by Gasteiger charge is -2.16. The van der Waals surface area contributed by atoms with Gasteiger partial charge in [0.1, 0.15) is 16.4 Å². The number of sulfonamides is 1. The van der Waals surface area contributed by atoms with Gasteiger partial charge in [0.05, 0.1) is 5.88 Å². The molecule has 2 aromatic rings. The van der Waals surface area contributed by atoms with Gasteiger partial charge in [-0.25, -0.2) is 8.42 Å². The normalized spacial score (nSPS) is 12.3. The second-order valence-corrected chi connectivity index (χ2v) is 8.81. The maximum atomic E-state index is 12.8. The van der Waals surface area contributed by atoms with Crippen molar-refractivity contribution in [2.24, 2.45) is 0 Å². The second kappa shape index (κ2) is 6.42. The van der Waals surface area contributed by atoms with Crippen LogP contribution < -0.4 is 0 Å². The van der Waals surface area contributed by atoms with Crippen molar-refractivity contribution in [3.63, 3.8) is 0 Å². The molecule has 0 aliphatic carbocycles. The number of nitrogens with zero attached hydrogens (tertiary/aromatic N) is 1. The van der Waals surface area contributed by atoms with E-state index in [9.17, 15) is 8.42 Å². The third-order valence-corrected chi connectivity index (χ3v) is 7.08. The summed E-state index contributed by atoms with van der Waals surface area (Å²) in [5.74, 6) is 1.03. The van der Waals surface area contributed by atoms with Gasteiger partial charge in [-0.3, -0.25) is 0 Å². The van der Waals surface area contributed by atoms with Crippen LogP contribution >= 0.6 is 38.9 Å². The monoisotopic (exact) mass is 411 g/mol. The van der Waals surface area contributed by atoms with Crippen molar-refractivity contribution >= 4 is 48.9 Å². The standard InChI is InChI=1S/C13H15BrClNO3S2/c1-8-12(5-15)13(9(2)19-8)21(17,18)16(3)6-11-4-10(14)7-20-11/h4,7H,5-6H2,1-3H3. The van der Waals surface area contributed by atoms with Crippen molar-refractivity contribution in [1.29, 1.82) is 0 Å². The van der Waals surface area contributed by atoms with Gasteiger partial charge in [-0.05, 0) is 35.8 Å². The quantitative estimate of drug-likeness (QED) is 0.689. The summed E-state index contributed by atoms with van der Waals surface area (Å²) in [7, 11) is -2.08. The maximum Gasteiger partial charge on any atom is 0.246 e. The van der Waals surface area contributed by atoms with Crippen molar-refractivity contribution in [2.75, 3.05) is 7.05 Å². The minimum absolute atomic E-state index is 0.107. The first-order valence-electron chi connectivity index (χ1n) is 6.11. The third kappa shape index (κ3) is 3.37. The van der Waals surface area contributed by atoms with Gasteiger partial charge in [0.25, 0.3) is 0 Å². The van der Waals surface area contributed by atoms with Crippen molar-refractivity contribution in [3.05, 3.63) is 37.9 Å². The molecule has 2 rings (SSSR count). The fraction of sp³-hybridized carbons (Fsp3) is 0.385. The van der Waals surface area contributed by atoms with Crippen LogP contribution in [0.25, 0.3) is 0 Å². The Morgan fingerprint density at radius 2 is 2.05 bits per heavy atom. The molecular formula is C13H15BrClNO3S2. The van der Waals surface area contributed by atoms with Crippen LogP contribution in [0.1, 0.15) is 22.0 Å². The lowest BCUT2D eigenvalue weighted by Crippen LogP contribution is -2.27. The van der Waals surface area contributed by atoms with Crippen molar-refractivity contribution < 1.29 is 12.8 Å². The van der Waals surface area contributed by atoms with Crippen LogP contribution in [-0.2, 0) is 22.4 Å². The molecule has 0 aliphatic heterocycles. The highest BCUT2D eigenvalue weighted by Gasteiger charge is 2.30. The Morgan fingerprint density at radius 3 is 2.57 bits per heavy atom. The average molecular weight is 413 g/mol. The number of alkyl halides is 1. The minimum Gasteiger partial charge on any atom is -0.465 e. The number of aryl methyl sites for hydroxylation is 2. The predicted octanol–water partition coefficient (Wildman–Crippen LogP) is 4.28. The van der Waals surface area contributed by atoms with Gasteiger partial charge in [0.15, 0.2) is 0 Å². The highest BCUT2D eigenvalue weighted by molar-refractivity contribution is 9.10. The van der Waals surface area contributed by atoms with Crippen LogP contribution in [0.4, 0.5) is 0 Å². The molecule has 0 aromatic carbocycles. The highest BCUT2D eigenvalue weighted by Crippen LogP contribution is 2.31. The number of hydrogen-bond acceptors (Lipinski definition) is 4. The van der Waals surface area contributed by atoms with E-state index in [1.165, 1.54) is 15.6 Å². The molecule has 0 fully saturated rings. The molecule has 4 nitrogen and oxygen atoms in total. The number of hydrogen-bond donors (Lipinski definition) is 0. The smallest absolute Gasteiger partial charge is 0.246 e. The zero-order chi connectivity index (χ0) is 15.8. The van der Waals surface area contributed by atoms with Gasteiger partial charge < -0.3 is 4.42 Å². The van der Waals surface area contributed by atoms with E-state index in [0.717, 1.165) is 9.35 Å². The minimum atomic E-state index is -3.63. The van der Waals surface area contributed by atoms with Crippen LogP contribution in [0.15, 0.2) is 25.2 Å². The Balaban J connectivity index is 2.37. The SMILES string of the molecule is Cc1oc(C)c(S(=O)(=O)N(C)Cc2cc(Br)cs2)c1CCl. The number of rotatable bonds is 5. The van der Waals surface area contributed by atoms with Crippen LogP contribution in [0, 0.1) is 13.8 Å². The fourth-order valence-electron chi connectivity index (χ4n) is 2.10. The molecule has 0 radical (unpaired) electrons. The molecule has 116 valence electrons. The van der Waals surface area contributed by atoms with Gasteiger partial charge in [0.2, 0.25) is 10.0 Å². The highest BCUT2D eigenvalue weighted by atomic mass is 79.9. The number of thiophene rings is 1. The summed E-state index contributed by atoms with van der Waals surface area (Å²) in [5, 5.41) is 1.92. The van der Waals surface area contributed by atoms with Gasteiger partial charge in [-0.2, -0.15) is 4.31 Å². The molecule has 2 aromatic heterocycles. The molecule has 2 heterocycles. The molecule has 0 amide bonds. The molecule has 0 saturated carbocycles. The molecule has 0 aliphatic rings. The van der Waals surface area contributed by atoms with E-state index in [2.05, 4.69) is 15.9 Å². The first-order chi connectivity index (χ1) is 9.77. The van der Waals surface area contributed by atoms with Crippen LogP contribution in [-0.4, -0.2) is 19.8 Å². The Labute approximate surface area is 141 Å². The van der Waals surface area contributed by atoms with E-state index in [1.807, 2.05) is 11.4 Å².